The minimum absolute atomic E-state index is 0.137. The average molecular weight is 421 g/mol. The lowest BCUT2D eigenvalue weighted by molar-refractivity contribution is -0.126. The Hall–Kier alpha value is -3.12. The molecule has 0 bridgehead atoms. The topological polar surface area (TPSA) is 72.6 Å². The number of carbonyl (C=O) groups is 2. The molecule has 0 aliphatic carbocycles. The van der Waals surface area contributed by atoms with Crippen LogP contribution in [0.15, 0.2) is 66.0 Å². The molecule has 6 heteroatoms. The van der Waals surface area contributed by atoms with Crippen LogP contribution in [0.1, 0.15) is 22.3 Å². The van der Waals surface area contributed by atoms with Gasteiger partial charge < -0.3 is 15.4 Å². The van der Waals surface area contributed by atoms with Crippen molar-refractivity contribution >= 4 is 23.2 Å². The van der Waals surface area contributed by atoms with Crippen LogP contribution >= 0.6 is 11.3 Å². The first-order chi connectivity index (χ1) is 14.5. The Morgan fingerprint density at radius 1 is 1.10 bits per heavy atom. The molecule has 0 radical (unpaired) electrons. The number of para-hydroxylation sites is 1. The molecule has 30 heavy (non-hydrogen) atoms. The number of ether oxygens (including phenoxy) is 1. The molecule has 1 fully saturated rings. The van der Waals surface area contributed by atoms with E-state index >= 15 is 0 Å². The molecule has 154 valence electrons. The minimum atomic E-state index is -0.787. The first kappa shape index (κ1) is 20.2. The van der Waals surface area contributed by atoms with E-state index in [4.69, 9.17) is 10.5 Å². The molecule has 0 unspecified atom stereocenters. The van der Waals surface area contributed by atoms with Gasteiger partial charge in [0.1, 0.15) is 5.75 Å². The van der Waals surface area contributed by atoms with Crippen LogP contribution < -0.4 is 10.5 Å². The van der Waals surface area contributed by atoms with Crippen molar-refractivity contribution in [3.05, 3.63) is 77.2 Å². The molecular weight excluding hydrogens is 396 g/mol. The van der Waals surface area contributed by atoms with E-state index < -0.39 is 5.41 Å². The van der Waals surface area contributed by atoms with E-state index in [0.29, 0.717) is 37.2 Å². The summed E-state index contributed by atoms with van der Waals surface area (Å²) in [7, 11) is 1.55. The van der Waals surface area contributed by atoms with E-state index in [9.17, 15) is 9.59 Å². The second-order valence-electron chi connectivity index (χ2n) is 7.63. The molecule has 2 aromatic carbocycles. The zero-order valence-corrected chi connectivity index (χ0v) is 17.7. The Balaban J connectivity index is 1.62. The molecule has 5 nitrogen and oxygen atoms in total. The average Bonchev–Trinajstić information content (AvgIpc) is 3.45. The van der Waals surface area contributed by atoms with Crippen LogP contribution in [0, 0.1) is 5.41 Å². The van der Waals surface area contributed by atoms with Gasteiger partial charge in [-0.1, -0.05) is 42.5 Å². The van der Waals surface area contributed by atoms with Crippen LogP contribution in [0.2, 0.25) is 0 Å². The van der Waals surface area contributed by atoms with Crippen LogP contribution in [-0.2, 0) is 11.2 Å². The molecule has 1 aromatic heterocycles. The van der Waals surface area contributed by atoms with Gasteiger partial charge in [0.15, 0.2) is 0 Å². The standard InChI is InChI=1S/C24H24N2O3S/c1-29-20-10-5-4-9-19(20)22(27)26-13-12-24(16-26,23(25)28)15-17-7-2-3-8-18(17)21-11-6-14-30-21/h2-11,14H,12-13,15-16H2,1H3,(H2,25,28)/t24-/m0/s1. The lowest BCUT2D eigenvalue weighted by atomic mass is 9.79. The Labute approximate surface area is 180 Å². The van der Waals surface area contributed by atoms with Crippen molar-refractivity contribution in [1.29, 1.82) is 0 Å². The Kier molecular flexibility index (Phi) is 5.59. The van der Waals surface area contributed by atoms with Crippen molar-refractivity contribution in [2.75, 3.05) is 20.2 Å². The van der Waals surface area contributed by atoms with Gasteiger partial charge in [-0.15, -0.1) is 11.3 Å². The normalized spacial score (nSPS) is 18.4. The van der Waals surface area contributed by atoms with Gasteiger partial charge in [0.25, 0.3) is 5.91 Å². The van der Waals surface area contributed by atoms with Gasteiger partial charge in [-0.05, 0) is 47.5 Å². The van der Waals surface area contributed by atoms with E-state index in [1.807, 2.05) is 41.8 Å². The fourth-order valence-corrected chi connectivity index (χ4v) is 4.97. The maximum atomic E-state index is 13.1. The molecule has 1 atom stereocenters. The lowest BCUT2D eigenvalue weighted by Gasteiger charge is -2.27. The highest BCUT2D eigenvalue weighted by atomic mass is 32.1. The third kappa shape index (κ3) is 3.71. The molecular formula is C24H24N2O3S. The number of rotatable bonds is 6. The summed E-state index contributed by atoms with van der Waals surface area (Å²) in [6.45, 7) is 0.791. The molecule has 2 N–H and O–H groups in total. The number of hydrogen-bond acceptors (Lipinski definition) is 4. The van der Waals surface area contributed by atoms with Gasteiger partial charge in [0.2, 0.25) is 5.91 Å². The van der Waals surface area contributed by atoms with E-state index in [0.717, 1.165) is 16.0 Å². The molecule has 2 amide bonds. The van der Waals surface area contributed by atoms with Crippen molar-refractivity contribution < 1.29 is 14.3 Å². The smallest absolute Gasteiger partial charge is 0.257 e. The summed E-state index contributed by atoms with van der Waals surface area (Å²) in [5.74, 6) is 0.0306. The molecule has 3 aromatic rings. The summed E-state index contributed by atoms with van der Waals surface area (Å²) in [4.78, 5) is 28.6. The van der Waals surface area contributed by atoms with Crippen LogP contribution in [0.4, 0.5) is 0 Å². The summed E-state index contributed by atoms with van der Waals surface area (Å²) >= 11 is 1.67. The number of hydrogen-bond donors (Lipinski definition) is 1. The number of thiophene rings is 1. The number of benzene rings is 2. The predicted molar refractivity (Wildman–Crippen MR) is 119 cm³/mol. The number of nitrogens with two attached hydrogens (primary N) is 1. The van der Waals surface area contributed by atoms with Crippen LogP contribution in [0.5, 0.6) is 5.75 Å². The van der Waals surface area contributed by atoms with Crippen LogP contribution in [0.3, 0.4) is 0 Å². The summed E-state index contributed by atoms with van der Waals surface area (Å²) in [6, 6.07) is 19.3. The quantitative estimate of drug-likeness (QED) is 0.655. The number of carbonyl (C=O) groups excluding carboxylic acids is 2. The number of methoxy groups -OCH3 is 1. The molecule has 1 aliphatic heterocycles. The van der Waals surface area contributed by atoms with Crippen molar-refractivity contribution in [3.63, 3.8) is 0 Å². The van der Waals surface area contributed by atoms with Crippen molar-refractivity contribution in [2.24, 2.45) is 11.1 Å². The highest BCUT2D eigenvalue weighted by molar-refractivity contribution is 7.13. The SMILES string of the molecule is COc1ccccc1C(=O)N1CC[C@@](Cc2ccccc2-c2cccs2)(C(N)=O)C1. The summed E-state index contributed by atoms with van der Waals surface area (Å²) in [5, 5.41) is 2.04. The molecule has 0 spiro atoms. The maximum absolute atomic E-state index is 13.1. The Morgan fingerprint density at radius 2 is 1.87 bits per heavy atom. The van der Waals surface area contributed by atoms with Crippen molar-refractivity contribution in [2.45, 2.75) is 12.8 Å². The first-order valence-electron chi connectivity index (χ1n) is 9.88. The molecule has 1 saturated heterocycles. The van der Waals surface area contributed by atoms with Crippen molar-refractivity contribution in [1.82, 2.24) is 4.90 Å². The monoisotopic (exact) mass is 420 g/mol. The first-order valence-corrected chi connectivity index (χ1v) is 10.8. The van der Waals surface area contributed by atoms with E-state index in [2.05, 4.69) is 12.1 Å². The fraction of sp³-hybridized carbons (Fsp3) is 0.250. The number of primary amides is 1. The second kappa shape index (κ2) is 8.32. The minimum Gasteiger partial charge on any atom is -0.496 e. The molecule has 2 heterocycles. The third-order valence-electron chi connectivity index (χ3n) is 5.83. The number of nitrogens with zero attached hydrogens (tertiary/aromatic N) is 1. The van der Waals surface area contributed by atoms with E-state index in [-0.39, 0.29) is 11.8 Å². The molecule has 1 aliphatic rings. The lowest BCUT2D eigenvalue weighted by Crippen LogP contribution is -2.42. The molecule has 0 saturated carbocycles. The highest BCUT2D eigenvalue weighted by Gasteiger charge is 2.45. The van der Waals surface area contributed by atoms with Gasteiger partial charge in [-0.2, -0.15) is 0 Å². The van der Waals surface area contributed by atoms with Gasteiger partial charge in [0.05, 0.1) is 18.1 Å². The summed E-state index contributed by atoms with van der Waals surface area (Å²) in [6.07, 6.45) is 1.05. The molecule has 4 rings (SSSR count). The third-order valence-corrected chi connectivity index (χ3v) is 6.74. The largest absolute Gasteiger partial charge is 0.496 e. The van der Waals surface area contributed by atoms with E-state index in [1.54, 1.807) is 35.5 Å². The van der Waals surface area contributed by atoms with Gasteiger partial charge in [0, 0.05) is 18.0 Å². The highest BCUT2D eigenvalue weighted by Crippen LogP contribution is 2.38. The summed E-state index contributed by atoms with van der Waals surface area (Å²) < 4.78 is 5.34. The van der Waals surface area contributed by atoms with Crippen molar-refractivity contribution in [3.8, 4) is 16.2 Å². The predicted octanol–water partition coefficient (Wildman–Crippen LogP) is 3.98. The van der Waals surface area contributed by atoms with Crippen LogP contribution in [-0.4, -0.2) is 36.9 Å². The Bertz CT molecular complexity index is 1060. The Morgan fingerprint density at radius 3 is 2.60 bits per heavy atom. The fourth-order valence-electron chi connectivity index (χ4n) is 4.18. The zero-order valence-electron chi connectivity index (χ0n) is 16.8. The zero-order chi connectivity index (χ0) is 21.1. The number of amides is 2. The maximum Gasteiger partial charge on any atom is 0.257 e. The summed E-state index contributed by atoms with van der Waals surface area (Å²) in [5.41, 5.74) is 7.81. The van der Waals surface area contributed by atoms with E-state index in [1.165, 1.54) is 0 Å². The second-order valence-corrected chi connectivity index (χ2v) is 8.58. The van der Waals surface area contributed by atoms with Gasteiger partial charge in [-0.3, -0.25) is 9.59 Å². The van der Waals surface area contributed by atoms with Gasteiger partial charge >= 0.3 is 0 Å². The van der Waals surface area contributed by atoms with Crippen LogP contribution in [0.25, 0.3) is 10.4 Å². The number of likely N-dealkylation sites (tertiary alicyclic amines) is 1. The van der Waals surface area contributed by atoms with Gasteiger partial charge in [-0.25, -0.2) is 0 Å².